The lowest BCUT2D eigenvalue weighted by Gasteiger charge is -2.28. The minimum Gasteiger partial charge on any atom is -0.294 e. The largest absolute Gasteiger partial charge is 0.294 e. The van der Waals surface area contributed by atoms with Crippen LogP contribution in [0.25, 0.3) is 0 Å². The first-order valence-corrected chi connectivity index (χ1v) is 8.06. The Balaban J connectivity index is 1.74. The third-order valence-corrected chi connectivity index (χ3v) is 4.33. The van der Waals surface area contributed by atoms with Crippen LogP contribution in [0.1, 0.15) is 16.8 Å². The van der Waals surface area contributed by atoms with E-state index in [1.807, 2.05) is 18.5 Å². The van der Waals surface area contributed by atoms with Gasteiger partial charge in [0.2, 0.25) is 0 Å². The van der Waals surface area contributed by atoms with Crippen LogP contribution in [0.3, 0.4) is 0 Å². The van der Waals surface area contributed by atoms with Crippen LogP contribution < -0.4 is 0 Å². The van der Waals surface area contributed by atoms with E-state index in [1.165, 1.54) is 11.3 Å². The minimum absolute atomic E-state index is 0.729. The van der Waals surface area contributed by atoms with Crippen LogP contribution in [0.5, 0.6) is 0 Å². The molecule has 1 aliphatic heterocycles. The van der Waals surface area contributed by atoms with Crippen molar-refractivity contribution in [2.45, 2.75) is 24.7 Å². The molecule has 0 unspecified atom stereocenters. The lowest BCUT2D eigenvalue weighted by molar-refractivity contribution is 0.242. The van der Waals surface area contributed by atoms with E-state index in [0.717, 1.165) is 41.8 Å². The van der Waals surface area contributed by atoms with Crippen LogP contribution in [-0.4, -0.2) is 32.7 Å². The average Bonchev–Trinajstić information content (AvgIpc) is 2.49. The van der Waals surface area contributed by atoms with Crippen molar-refractivity contribution in [2.24, 2.45) is 0 Å². The van der Waals surface area contributed by atoms with E-state index in [-0.39, 0.29) is 0 Å². The molecule has 0 fully saturated rings. The van der Waals surface area contributed by atoms with Gasteiger partial charge in [0.15, 0.2) is 5.16 Å². The maximum absolute atomic E-state index is 6.17. The lowest BCUT2D eigenvalue weighted by Crippen LogP contribution is -2.31. The molecule has 0 atom stereocenters. The Morgan fingerprint density at radius 3 is 3.10 bits per heavy atom. The zero-order chi connectivity index (χ0) is 13.9. The summed E-state index contributed by atoms with van der Waals surface area (Å²) in [5.74, 6) is 0. The highest BCUT2D eigenvalue weighted by molar-refractivity contribution is 7.98. The maximum Gasteiger partial charge on any atom is 0.187 e. The molecule has 4 nitrogen and oxygen atoms in total. The van der Waals surface area contributed by atoms with Crippen LogP contribution in [0.2, 0.25) is 5.02 Å². The average molecular weight is 307 g/mol. The minimum atomic E-state index is 0.729. The van der Waals surface area contributed by atoms with Crippen molar-refractivity contribution in [3.05, 3.63) is 46.5 Å². The van der Waals surface area contributed by atoms with Gasteiger partial charge < -0.3 is 0 Å². The van der Waals surface area contributed by atoms with E-state index in [4.69, 9.17) is 11.6 Å². The van der Waals surface area contributed by atoms with Gasteiger partial charge in [0, 0.05) is 50.2 Å². The summed E-state index contributed by atoms with van der Waals surface area (Å²) in [6, 6.07) is 1.98. The molecule has 104 valence electrons. The van der Waals surface area contributed by atoms with Gasteiger partial charge in [0.25, 0.3) is 0 Å². The highest BCUT2D eigenvalue weighted by atomic mass is 35.5. The topological polar surface area (TPSA) is 41.9 Å². The summed E-state index contributed by atoms with van der Waals surface area (Å²) in [7, 11) is 0. The van der Waals surface area contributed by atoms with Gasteiger partial charge in [-0.25, -0.2) is 9.97 Å². The van der Waals surface area contributed by atoms with Crippen molar-refractivity contribution in [3.63, 3.8) is 0 Å². The molecule has 0 aliphatic carbocycles. The predicted octanol–water partition coefficient (Wildman–Crippen LogP) is 2.81. The Morgan fingerprint density at radius 2 is 2.30 bits per heavy atom. The molecule has 0 amide bonds. The van der Waals surface area contributed by atoms with Gasteiger partial charge in [-0.3, -0.25) is 9.88 Å². The molecule has 0 N–H and O–H groups in total. The molecule has 0 spiro atoms. The van der Waals surface area contributed by atoms with E-state index in [1.54, 1.807) is 24.2 Å². The molecule has 1 aliphatic rings. The molecule has 3 rings (SSSR count). The number of halogens is 1. The molecule has 2 aromatic heterocycles. The van der Waals surface area contributed by atoms with Crippen molar-refractivity contribution < 1.29 is 0 Å². The standard InChI is InChI=1S/C14H15ClN4S/c1-20-14-17-6-11-9-19(5-3-13(11)18-14)8-10-2-4-16-7-12(10)15/h2,4,6-7H,3,5,8-9H2,1H3. The normalized spacial score (nSPS) is 15.1. The first kappa shape index (κ1) is 13.8. The van der Waals surface area contributed by atoms with Crippen LogP contribution in [-0.2, 0) is 19.5 Å². The molecule has 0 saturated carbocycles. The van der Waals surface area contributed by atoms with Crippen molar-refractivity contribution in [1.29, 1.82) is 0 Å². The van der Waals surface area contributed by atoms with Crippen LogP contribution in [0, 0.1) is 0 Å². The Kier molecular flexibility index (Phi) is 4.19. The molecular weight excluding hydrogens is 292 g/mol. The molecule has 0 aromatic carbocycles. The van der Waals surface area contributed by atoms with Gasteiger partial charge in [0.05, 0.1) is 10.7 Å². The number of rotatable bonds is 3. The van der Waals surface area contributed by atoms with E-state index >= 15 is 0 Å². The summed E-state index contributed by atoms with van der Waals surface area (Å²) < 4.78 is 0. The maximum atomic E-state index is 6.17. The molecule has 2 aromatic rings. The van der Waals surface area contributed by atoms with Crippen molar-refractivity contribution >= 4 is 23.4 Å². The molecular formula is C14H15ClN4S. The number of aromatic nitrogens is 3. The second-order valence-electron chi connectivity index (χ2n) is 4.76. The second-order valence-corrected chi connectivity index (χ2v) is 5.94. The molecule has 3 heterocycles. The third kappa shape index (κ3) is 2.95. The first-order valence-electron chi connectivity index (χ1n) is 6.46. The lowest BCUT2D eigenvalue weighted by atomic mass is 10.1. The number of thioether (sulfide) groups is 1. The van der Waals surface area contributed by atoms with Gasteiger partial charge >= 0.3 is 0 Å². The van der Waals surface area contributed by atoms with E-state index < -0.39 is 0 Å². The third-order valence-electron chi connectivity index (χ3n) is 3.42. The molecule has 6 heteroatoms. The number of pyridine rings is 1. The number of fused-ring (bicyclic) bond motifs is 1. The molecule has 0 bridgehead atoms. The van der Waals surface area contributed by atoms with Gasteiger partial charge in [0.1, 0.15) is 0 Å². The molecule has 0 radical (unpaired) electrons. The summed E-state index contributed by atoms with van der Waals surface area (Å²) in [6.07, 6.45) is 8.40. The highest BCUT2D eigenvalue weighted by Crippen LogP contribution is 2.22. The Bertz CT molecular complexity index is 620. The highest BCUT2D eigenvalue weighted by Gasteiger charge is 2.19. The summed E-state index contributed by atoms with van der Waals surface area (Å²) >= 11 is 7.75. The van der Waals surface area contributed by atoms with Gasteiger partial charge in [-0.05, 0) is 17.9 Å². The SMILES string of the molecule is CSc1ncc2c(n1)CCN(Cc1ccncc1Cl)C2. The summed E-state index contributed by atoms with van der Waals surface area (Å²) in [5, 5.41) is 1.58. The van der Waals surface area contributed by atoms with Gasteiger partial charge in [-0.2, -0.15) is 0 Å². The fourth-order valence-corrected chi connectivity index (χ4v) is 2.90. The van der Waals surface area contributed by atoms with Crippen LogP contribution in [0.15, 0.2) is 29.8 Å². The summed E-state index contributed by atoms with van der Waals surface area (Å²) in [4.78, 5) is 15.3. The fraction of sp³-hybridized carbons (Fsp3) is 0.357. The number of nitrogens with zero attached hydrogens (tertiary/aromatic N) is 4. The monoisotopic (exact) mass is 306 g/mol. The summed E-state index contributed by atoms with van der Waals surface area (Å²) in [5.41, 5.74) is 3.52. The quantitative estimate of drug-likeness (QED) is 0.644. The van der Waals surface area contributed by atoms with Gasteiger partial charge in [-0.1, -0.05) is 23.4 Å². The fourth-order valence-electron chi connectivity index (χ4n) is 2.36. The van der Waals surface area contributed by atoms with Crippen LogP contribution in [0.4, 0.5) is 0 Å². The van der Waals surface area contributed by atoms with E-state index in [2.05, 4.69) is 19.9 Å². The Hall–Kier alpha value is -1.17. The van der Waals surface area contributed by atoms with Crippen LogP contribution >= 0.6 is 23.4 Å². The Morgan fingerprint density at radius 1 is 1.40 bits per heavy atom. The molecule has 20 heavy (non-hydrogen) atoms. The van der Waals surface area contributed by atoms with E-state index in [0.29, 0.717) is 0 Å². The Labute approximate surface area is 127 Å². The zero-order valence-corrected chi connectivity index (χ0v) is 12.8. The van der Waals surface area contributed by atoms with Gasteiger partial charge in [-0.15, -0.1) is 0 Å². The summed E-state index contributed by atoms with van der Waals surface area (Å²) in [6.45, 7) is 2.71. The molecule has 0 saturated heterocycles. The first-order chi connectivity index (χ1) is 9.76. The zero-order valence-electron chi connectivity index (χ0n) is 11.2. The number of hydrogen-bond donors (Lipinski definition) is 0. The van der Waals surface area contributed by atoms with Crippen molar-refractivity contribution in [3.8, 4) is 0 Å². The van der Waals surface area contributed by atoms with Crippen molar-refractivity contribution in [2.75, 3.05) is 12.8 Å². The number of hydrogen-bond acceptors (Lipinski definition) is 5. The second kappa shape index (κ2) is 6.08. The predicted molar refractivity (Wildman–Crippen MR) is 80.9 cm³/mol. The smallest absolute Gasteiger partial charge is 0.187 e. The van der Waals surface area contributed by atoms with E-state index in [9.17, 15) is 0 Å². The van der Waals surface area contributed by atoms with Crippen molar-refractivity contribution in [1.82, 2.24) is 19.9 Å².